The summed E-state index contributed by atoms with van der Waals surface area (Å²) in [6.07, 6.45) is 3.50. The first kappa shape index (κ1) is 13.1. The van der Waals surface area contributed by atoms with Crippen LogP contribution >= 0.6 is 0 Å². The summed E-state index contributed by atoms with van der Waals surface area (Å²) in [7, 11) is 0. The Bertz CT molecular complexity index is 555. The molecule has 0 saturated carbocycles. The first-order valence-electron chi connectivity index (χ1n) is 6.19. The number of carbonyl (C=O) groups is 1. The lowest BCUT2D eigenvalue weighted by atomic mass is 10.1. The number of phenols is 1. The molecule has 0 aliphatic carbocycles. The van der Waals surface area contributed by atoms with Crippen molar-refractivity contribution in [2.75, 3.05) is 11.4 Å². The topological polar surface area (TPSA) is 53.4 Å². The van der Waals surface area contributed by atoms with E-state index in [2.05, 4.69) is 4.98 Å². The van der Waals surface area contributed by atoms with Gasteiger partial charge in [0.05, 0.1) is 6.42 Å². The van der Waals surface area contributed by atoms with Crippen molar-refractivity contribution >= 4 is 11.6 Å². The van der Waals surface area contributed by atoms with Gasteiger partial charge in [0.1, 0.15) is 5.75 Å². The number of nitrogens with zero attached hydrogens (tertiary/aromatic N) is 2. The van der Waals surface area contributed by atoms with E-state index >= 15 is 0 Å². The fourth-order valence-corrected chi connectivity index (χ4v) is 1.95. The van der Waals surface area contributed by atoms with E-state index in [9.17, 15) is 9.90 Å². The summed E-state index contributed by atoms with van der Waals surface area (Å²) < 4.78 is 0. The summed E-state index contributed by atoms with van der Waals surface area (Å²) in [4.78, 5) is 17.9. The Balaban J connectivity index is 2.17. The average Bonchev–Trinajstić information content (AvgIpc) is 2.43. The fourth-order valence-electron chi connectivity index (χ4n) is 1.95. The molecule has 0 spiro atoms. The molecule has 1 N–H and O–H groups in total. The van der Waals surface area contributed by atoms with Crippen LogP contribution in [0.5, 0.6) is 5.75 Å². The van der Waals surface area contributed by atoms with E-state index in [-0.39, 0.29) is 18.1 Å². The maximum atomic E-state index is 12.3. The van der Waals surface area contributed by atoms with Crippen LogP contribution in [0.15, 0.2) is 48.8 Å². The second-order valence-electron chi connectivity index (χ2n) is 4.15. The normalized spacial score (nSPS) is 10.2. The van der Waals surface area contributed by atoms with Crippen molar-refractivity contribution in [3.05, 3.63) is 54.4 Å². The Hall–Kier alpha value is -2.36. The second kappa shape index (κ2) is 6.00. The first-order valence-corrected chi connectivity index (χ1v) is 6.19. The molecule has 1 heterocycles. The predicted molar refractivity (Wildman–Crippen MR) is 74.1 cm³/mol. The summed E-state index contributed by atoms with van der Waals surface area (Å²) in [6, 6.07) is 10.5. The number of para-hydroxylation sites is 1. The minimum Gasteiger partial charge on any atom is -0.508 e. The van der Waals surface area contributed by atoms with Gasteiger partial charge in [-0.3, -0.25) is 9.78 Å². The molecular formula is C15H16N2O2. The third kappa shape index (κ3) is 3.10. The molecular weight excluding hydrogens is 240 g/mol. The zero-order chi connectivity index (χ0) is 13.7. The summed E-state index contributed by atoms with van der Waals surface area (Å²) in [5, 5.41) is 9.70. The predicted octanol–water partition coefficient (Wildman–Crippen LogP) is 2.38. The highest BCUT2D eigenvalue weighted by Crippen LogP contribution is 2.19. The van der Waals surface area contributed by atoms with Crippen LogP contribution in [-0.2, 0) is 11.2 Å². The van der Waals surface area contributed by atoms with E-state index in [1.54, 1.807) is 47.6 Å². The SMILES string of the molecule is CCN(C(=O)Cc1ccccc1O)c1ccncc1. The maximum absolute atomic E-state index is 12.3. The number of amides is 1. The van der Waals surface area contributed by atoms with Crippen LogP contribution in [-0.4, -0.2) is 22.5 Å². The van der Waals surface area contributed by atoms with Crippen molar-refractivity contribution < 1.29 is 9.90 Å². The number of aromatic nitrogens is 1. The standard InChI is InChI=1S/C15H16N2O2/c1-2-17(13-7-9-16-10-8-13)15(19)11-12-5-3-4-6-14(12)18/h3-10,18H,2,11H2,1H3. The number of pyridine rings is 1. The van der Waals surface area contributed by atoms with Crippen LogP contribution in [0.3, 0.4) is 0 Å². The van der Waals surface area contributed by atoms with Crippen LogP contribution in [0.4, 0.5) is 5.69 Å². The van der Waals surface area contributed by atoms with E-state index in [1.807, 2.05) is 13.0 Å². The Morgan fingerprint density at radius 1 is 1.21 bits per heavy atom. The van der Waals surface area contributed by atoms with Gasteiger partial charge in [-0.1, -0.05) is 18.2 Å². The quantitative estimate of drug-likeness (QED) is 0.913. The van der Waals surface area contributed by atoms with Crippen molar-refractivity contribution in [1.82, 2.24) is 4.98 Å². The maximum Gasteiger partial charge on any atom is 0.231 e. The van der Waals surface area contributed by atoms with Crippen molar-refractivity contribution in [2.24, 2.45) is 0 Å². The number of rotatable bonds is 4. The molecule has 1 amide bonds. The van der Waals surface area contributed by atoms with Gasteiger partial charge in [-0.25, -0.2) is 0 Å². The van der Waals surface area contributed by atoms with Gasteiger partial charge >= 0.3 is 0 Å². The van der Waals surface area contributed by atoms with Gasteiger partial charge < -0.3 is 10.0 Å². The minimum atomic E-state index is -0.0461. The van der Waals surface area contributed by atoms with E-state index in [0.717, 1.165) is 5.69 Å². The lowest BCUT2D eigenvalue weighted by Crippen LogP contribution is -2.31. The second-order valence-corrected chi connectivity index (χ2v) is 4.15. The molecule has 19 heavy (non-hydrogen) atoms. The van der Waals surface area contributed by atoms with E-state index in [4.69, 9.17) is 0 Å². The van der Waals surface area contributed by atoms with Crippen molar-refractivity contribution in [1.29, 1.82) is 0 Å². The Kier molecular flexibility index (Phi) is 4.13. The highest BCUT2D eigenvalue weighted by Gasteiger charge is 2.15. The molecule has 0 atom stereocenters. The minimum absolute atomic E-state index is 0.0461. The number of anilines is 1. The largest absolute Gasteiger partial charge is 0.508 e. The summed E-state index contributed by atoms with van der Waals surface area (Å²) >= 11 is 0. The van der Waals surface area contributed by atoms with E-state index in [1.165, 1.54) is 0 Å². The highest BCUT2D eigenvalue weighted by molar-refractivity contribution is 5.94. The number of hydrogen-bond donors (Lipinski definition) is 1. The van der Waals surface area contributed by atoms with E-state index in [0.29, 0.717) is 12.1 Å². The molecule has 0 aliphatic rings. The lowest BCUT2D eigenvalue weighted by Gasteiger charge is -2.21. The van der Waals surface area contributed by atoms with Gasteiger partial charge in [-0.2, -0.15) is 0 Å². The zero-order valence-electron chi connectivity index (χ0n) is 10.8. The van der Waals surface area contributed by atoms with E-state index < -0.39 is 0 Å². The lowest BCUT2D eigenvalue weighted by molar-refractivity contribution is -0.118. The average molecular weight is 256 g/mol. The van der Waals surface area contributed by atoms with Crippen LogP contribution in [0.25, 0.3) is 0 Å². The number of likely N-dealkylation sites (N-methyl/N-ethyl adjacent to an activating group) is 1. The molecule has 0 fully saturated rings. The molecule has 98 valence electrons. The van der Waals surface area contributed by atoms with Gasteiger partial charge in [0, 0.05) is 30.2 Å². The third-order valence-electron chi connectivity index (χ3n) is 2.92. The molecule has 0 bridgehead atoms. The first-order chi connectivity index (χ1) is 9.22. The fraction of sp³-hybridized carbons (Fsp3) is 0.200. The smallest absolute Gasteiger partial charge is 0.231 e. The number of phenolic OH excluding ortho intramolecular Hbond substituents is 1. The van der Waals surface area contributed by atoms with Crippen LogP contribution in [0.2, 0.25) is 0 Å². The molecule has 0 radical (unpaired) electrons. The summed E-state index contributed by atoms with van der Waals surface area (Å²) in [5.41, 5.74) is 1.46. The van der Waals surface area contributed by atoms with Gasteiger partial charge in [0.25, 0.3) is 0 Å². The Labute approximate surface area is 112 Å². The molecule has 1 aromatic carbocycles. The summed E-state index contributed by atoms with van der Waals surface area (Å²) in [6.45, 7) is 2.50. The molecule has 2 rings (SSSR count). The third-order valence-corrected chi connectivity index (χ3v) is 2.92. The van der Waals surface area contributed by atoms with Crippen LogP contribution in [0, 0.1) is 0 Å². The van der Waals surface area contributed by atoms with Gasteiger partial charge in [0.15, 0.2) is 0 Å². The molecule has 0 unspecified atom stereocenters. The Morgan fingerprint density at radius 3 is 2.53 bits per heavy atom. The number of aromatic hydroxyl groups is 1. The number of carbonyl (C=O) groups excluding carboxylic acids is 1. The number of hydrogen-bond acceptors (Lipinski definition) is 3. The number of benzene rings is 1. The van der Waals surface area contributed by atoms with Crippen molar-refractivity contribution in [2.45, 2.75) is 13.3 Å². The molecule has 4 heteroatoms. The molecule has 4 nitrogen and oxygen atoms in total. The molecule has 0 saturated heterocycles. The summed E-state index contributed by atoms with van der Waals surface area (Å²) in [5.74, 6) is 0.108. The highest BCUT2D eigenvalue weighted by atomic mass is 16.3. The molecule has 1 aromatic heterocycles. The van der Waals surface area contributed by atoms with Gasteiger partial charge in [-0.15, -0.1) is 0 Å². The molecule has 2 aromatic rings. The van der Waals surface area contributed by atoms with Crippen molar-refractivity contribution in [3.63, 3.8) is 0 Å². The monoisotopic (exact) mass is 256 g/mol. The van der Waals surface area contributed by atoms with Crippen LogP contribution < -0.4 is 4.90 Å². The van der Waals surface area contributed by atoms with Gasteiger partial charge in [-0.05, 0) is 25.1 Å². The van der Waals surface area contributed by atoms with Crippen molar-refractivity contribution in [3.8, 4) is 5.75 Å². The zero-order valence-corrected chi connectivity index (χ0v) is 10.8. The van der Waals surface area contributed by atoms with Gasteiger partial charge in [0.2, 0.25) is 5.91 Å². The Morgan fingerprint density at radius 2 is 1.89 bits per heavy atom. The van der Waals surface area contributed by atoms with Crippen LogP contribution in [0.1, 0.15) is 12.5 Å². The molecule has 0 aliphatic heterocycles.